The first-order valence-electron chi connectivity index (χ1n) is 8.48. The van der Waals surface area contributed by atoms with Gasteiger partial charge in [-0.2, -0.15) is 0 Å². The van der Waals surface area contributed by atoms with Crippen LogP contribution in [0.15, 0.2) is 54.6 Å². The molecule has 2 aromatic rings. The van der Waals surface area contributed by atoms with Gasteiger partial charge in [-0.05, 0) is 42.7 Å². The molecule has 4 heteroatoms. The highest BCUT2D eigenvalue weighted by molar-refractivity contribution is 5.94. The van der Waals surface area contributed by atoms with Crippen molar-refractivity contribution in [1.82, 2.24) is 5.32 Å². The minimum absolute atomic E-state index is 0.0682. The van der Waals surface area contributed by atoms with Crippen molar-refractivity contribution in [2.24, 2.45) is 0 Å². The molecule has 1 saturated heterocycles. The first-order valence-corrected chi connectivity index (χ1v) is 8.48. The number of amides is 1. The number of nitrogens with one attached hydrogen (secondary N) is 1. The van der Waals surface area contributed by atoms with Gasteiger partial charge in [0, 0.05) is 25.1 Å². The van der Waals surface area contributed by atoms with Crippen molar-refractivity contribution < 1.29 is 14.3 Å². The van der Waals surface area contributed by atoms with Crippen LogP contribution in [-0.2, 0) is 11.2 Å². The fourth-order valence-corrected chi connectivity index (χ4v) is 2.75. The highest BCUT2D eigenvalue weighted by Crippen LogP contribution is 2.14. The van der Waals surface area contributed by atoms with Crippen molar-refractivity contribution >= 4 is 5.91 Å². The molecule has 1 amide bonds. The van der Waals surface area contributed by atoms with Crippen LogP contribution < -0.4 is 10.1 Å². The van der Waals surface area contributed by atoms with Gasteiger partial charge in [0.05, 0.1) is 12.7 Å². The molecule has 1 aliphatic heterocycles. The Balaban J connectivity index is 1.43. The molecule has 4 nitrogen and oxygen atoms in total. The van der Waals surface area contributed by atoms with Crippen molar-refractivity contribution in [2.45, 2.75) is 25.4 Å². The summed E-state index contributed by atoms with van der Waals surface area (Å²) in [6, 6.07) is 17.5. The van der Waals surface area contributed by atoms with Crippen molar-refractivity contribution in [1.29, 1.82) is 0 Å². The minimum atomic E-state index is -0.0682. The predicted octanol–water partition coefficient (Wildman–Crippen LogP) is 3.22. The topological polar surface area (TPSA) is 47.6 Å². The summed E-state index contributed by atoms with van der Waals surface area (Å²) in [6.45, 7) is 2.00. The predicted molar refractivity (Wildman–Crippen MR) is 93.4 cm³/mol. The summed E-state index contributed by atoms with van der Waals surface area (Å²) in [7, 11) is 0. The average Bonchev–Trinajstić information content (AvgIpc) is 3.15. The van der Waals surface area contributed by atoms with Crippen LogP contribution in [0.3, 0.4) is 0 Å². The van der Waals surface area contributed by atoms with Crippen molar-refractivity contribution in [2.75, 3.05) is 19.8 Å². The number of carbonyl (C=O) groups excluding carboxylic acids is 1. The van der Waals surface area contributed by atoms with Crippen LogP contribution in [0.1, 0.15) is 28.8 Å². The molecule has 1 unspecified atom stereocenters. The van der Waals surface area contributed by atoms with Gasteiger partial charge in [0.1, 0.15) is 5.75 Å². The number of hydrogen-bond donors (Lipinski definition) is 1. The highest BCUT2D eigenvalue weighted by Gasteiger charge is 2.16. The third-order valence-electron chi connectivity index (χ3n) is 4.13. The van der Waals surface area contributed by atoms with Crippen molar-refractivity contribution in [3.05, 3.63) is 65.7 Å². The quantitative estimate of drug-likeness (QED) is 0.850. The van der Waals surface area contributed by atoms with Gasteiger partial charge < -0.3 is 14.8 Å². The van der Waals surface area contributed by atoms with Gasteiger partial charge in [0.15, 0.2) is 0 Å². The third-order valence-corrected chi connectivity index (χ3v) is 4.13. The van der Waals surface area contributed by atoms with Gasteiger partial charge in [0.2, 0.25) is 0 Å². The average molecular weight is 325 g/mol. The van der Waals surface area contributed by atoms with E-state index in [1.807, 2.05) is 30.3 Å². The van der Waals surface area contributed by atoms with Gasteiger partial charge >= 0.3 is 0 Å². The van der Waals surface area contributed by atoms with Gasteiger partial charge in [-0.25, -0.2) is 0 Å². The van der Waals surface area contributed by atoms with E-state index in [9.17, 15) is 4.79 Å². The van der Waals surface area contributed by atoms with E-state index in [2.05, 4.69) is 17.4 Å². The number of ether oxygens (including phenoxy) is 2. The van der Waals surface area contributed by atoms with E-state index < -0.39 is 0 Å². The van der Waals surface area contributed by atoms with E-state index in [4.69, 9.17) is 9.47 Å². The Kier molecular flexibility index (Phi) is 5.85. The molecule has 1 atom stereocenters. The molecule has 0 bridgehead atoms. The van der Waals surface area contributed by atoms with E-state index in [1.54, 1.807) is 12.1 Å². The molecule has 126 valence electrons. The normalized spacial score (nSPS) is 16.8. The second-order valence-corrected chi connectivity index (χ2v) is 5.95. The van der Waals surface area contributed by atoms with Crippen LogP contribution in [0.5, 0.6) is 5.75 Å². The smallest absolute Gasteiger partial charge is 0.251 e. The molecule has 0 radical (unpaired) electrons. The van der Waals surface area contributed by atoms with Crippen LogP contribution in [-0.4, -0.2) is 31.8 Å². The lowest BCUT2D eigenvalue weighted by Gasteiger charge is -2.11. The molecular formula is C20H23NO3. The summed E-state index contributed by atoms with van der Waals surface area (Å²) in [5, 5.41) is 2.92. The Morgan fingerprint density at radius 3 is 2.62 bits per heavy atom. The molecule has 1 heterocycles. The fourth-order valence-electron chi connectivity index (χ4n) is 2.75. The molecule has 1 fully saturated rings. The molecule has 0 aliphatic carbocycles. The number of carbonyl (C=O) groups is 1. The summed E-state index contributed by atoms with van der Waals surface area (Å²) in [5.41, 5.74) is 1.89. The van der Waals surface area contributed by atoms with E-state index in [0.717, 1.165) is 31.6 Å². The summed E-state index contributed by atoms with van der Waals surface area (Å²) < 4.78 is 11.2. The summed E-state index contributed by atoms with van der Waals surface area (Å²) >= 11 is 0. The van der Waals surface area contributed by atoms with Crippen molar-refractivity contribution in [3.8, 4) is 5.75 Å². The molecule has 0 spiro atoms. The molecule has 24 heavy (non-hydrogen) atoms. The van der Waals surface area contributed by atoms with Gasteiger partial charge in [-0.1, -0.05) is 30.3 Å². The monoisotopic (exact) mass is 325 g/mol. The summed E-state index contributed by atoms with van der Waals surface area (Å²) in [5.74, 6) is 0.711. The lowest BCUT2D eigenvalue weighted by atomic mass is 10.1. The maximum atomic E-state index is 12.1. The first kappa shape index (κ1) is 16.5. The molecule has 3 rings (SSSR count). The molecule has 2 aromatic carbocycles. The van der Waals surface area contributed by atoms with Crippen LogP contribution in [0.2, 0.25) is 0 Å². The van der Waals surface area contributed by atoms with Gasteiger partial charge in [-0.15, -0.1) is 0 Å². The standard InChI is InChI=1S/C20H23NO3/c22-20(21-15-19-7-4-13-23-19)17-8-10-18(11-9-17)24-14-12-16-5-2-1-3-6-16/h1-3,5-6,8-11,19H,4,7,12-15H2,(H,21,22). The van der Waals surface area contributed by atoms with Crippen LogP contribution >= 0.6 is 0 Å². The van der Waals surface area contributed by atoms with Crippen LogP contribution in [0, 0.1) is 0 Å². The zero-order valence-corrected chi connectivity index (χ0v) is 13.7. The molecule has 0 aromatic heterocycles. The van der Waals surface area contributed by atoms with Crippen molar-refractivity contribution in [3.63, 3.8) is 0 Å². The van der Waals surface area contributed by atoms with E-state index in [1.165, 1.54) is 5.56 Å². The van der Waals surface area contributed by atoms with Crippen LogP contribution in [0.25, 0.3) is 0 Å². The largest absolute Gasteiger partial charge is 0.493 e. The maximum absolute atomic E-state index is 12.1. The fraction of sp³-hybridized carbons (Fsp3) is 0.350. The lowest BCUT2D eigenvalue weighted by molar-refractivity contribution is 0.0857. The minimum Gasteiger partial charge on any atom is -0.493 e. The van der Waals surface area contributed by atoms with E-state index in [0.29, 0.717) is 18.7 Å². The van der Waals surface area contributed by atoms with Gasteiger partial charge in [0.25, 0.3) is 5.91 Å². The number of benzene rings is 2. The van der Waals surface area contributed by atoms with E-state index >= 15 is 0 Å². The molecule has 0 saturated carbocycles. The number of rotatable bonds is 7. The zero-order valence-electron chi connectivity index (χ0n) is 13.7. The SMILES string of the molecule is O=C(NCC1CCCO1)c1ccc(OCCc2ccccc2)cc1. The Bertz CT molecular complexity index is 634. The maximum Gasteiger partial charge on any atom is 0.251 e. The van der Waals surface area contributed by atoms with Crippen LogP contribution in [0.4, 0.5) is 0 Å². The second-order valence-electron chi connectivity index (χ2n) is 5.95. The highest BCUT2D eigenvalue weighted by atomic mass is 16.5. The Labute approximate surface area is 142 Å². The number of hydrogen-bond acceptors (Lipinski definition) is 3. The Morgan fingerprint density at radius 2 is 1.92 bits per heavy atom. The van der Waals surface area contributed by atoms with E-state index in [-0.39, 0.29) is 12.0 Å². The Morgan fingerprint density at radius 1 is 1.12 bits per heavy atom. The molecule has 1 N–H and O–H groups in total. The molecule has 1 aliphatic rings. The Hall–Kier alpha value is -2.33. The summed E-state index contributed by atoms with van der Waals surface area (Å²) in [4.78, 5) is 12.1. The molecular weight excluding hydrogens is 302 g/mol. The lowest BCUT2D eigenvalue weighted by Crippen LogP contribution is -2.31. The first-order chi connectivity index (χ1) is 11.8. The summed E-state index contributed by atoms with van der Waals surface area (Å²) in [6.07, 6.45) is 3.13. The zero-order chi connectivity index (χ0) is 16.6. The second kappa shape index (κ2) is 8.50. The third kappa shape index (κ3) is 4.83. The van der Waals surface area contributed by atoms with Gasteiger partial charge in [-0.3, -0.25) is 4.79 Å².